The summed E-state index contributed by atoms with van der Waals surface area (Å²) in [6.45, 7) is 5.12. The van der Waals surface area contributed by atoms with Crippen LogP contribution in [-0.4, -0.2) is 37.1 Å². The summed E-state index contributed by atoms with van der Waals surface area (Å²) in [5.41, 5.74) is 13.0. The molecule has 0 saturated heterocycles. The molecule has 1 aromatic rings. The minimum Gasteiger partial charge on any atom is -0.399 e. The fourth-order valence-corrected chi connectivity index (χ4v) is 1.86. The smallest absolute Gasteiger partial charge is 0.256 e. The predicted octanol–water partition coefficient (Wildman–Crippen LogP) is 1.74. The maximum Gasteiger partial charge on any atom is 0.256 e. The lowest BCUT2D eigenvalue weighted by Crippen LogP contribution is -2.40. The van der Waals surface area contributed by atoms with Crippen molar-refractivity contribution in [1.29, 1.82) is 0 Å². The molecule has 0 saturated carbocycles. The Morgan fingerprint density at radius 2 is 2.11 bits per heavy atom. The van der Waals surface area contributed by atoms with E-state index in [1.165, 1.54) is 0 Å². The molecular formula is C14H23N3O2. The normalized spacial score (nSPS) is 12.2. The number of nitrogen functional groups attached to an aromatic ring is 2. The van der Waals surface area contributed by atoms with Crippen molar-refractivity contribution in [1.82, 2.24) is 4.90 Å². The van der Waals surface area contributed by atoms with Gasteiger partial charge >= 0.3 is 0 Å². The highest BCUT2D eigenvalue weighted by atomic mass is 16.5. The quantitative estimate of drug-likeness (QED) is 0.768. The van der Waals surface area contributed by atoms with Crippen molar-refractivity contribution in [2.75, 3.05) is 31.7 Å². The molecule has 1 rings (SSSR count). The van der Waals surface area contributed by atoms with Crippen LogP contribution in [0.3, 0.4) is 0 Å². The van der Waals surface area contributed by atoms with Crippen molar-refractivity contribution < 1.29 is 9.53 Å². The molecule has 0 spiro atoms. The Morgan fingerprint density at radius 3 is 2.63 bits per heavy atom. The van der Waals surface area contributed by atoms with Crippen molar-refractivity contribution in [2.45, 2.75) is 26.3 Å². The van der Waals surface area contributed by atoms with Crippen LogP contribution < -0.4 is 11.5 Å². The van der Waals surface area contributed by atoms with E-state index in [-0.39, 0.29) is 11.9 Å². The number of hydrogen-bond donors (Lipinski definition) is 2. The largest absolute Gasteiger partial charge is 0.399 e. The summed E-state index contributed by atoms with van der Waals surface area (Å²) in [6, 6.07) is 5.11. The third-order valence-electron chi connectivity index (χ3n) is 3.23. The zero-order valence-corrected chi connectivity index (χ0v) is 11.8. The van der Waals surface area contributed by atoms with E-state index in [9.17, 15) is 4.79 Å². The van der Waals surface area contributed by atoms with Crippen molar-refractivity contribution in [3.63, 3.8) is 0 Å². The Labute approximate surface area is 114 Å². The molecular weight excluding hydrogens is 242 g/mol. The summed E-state index contributed by atoms with van der Waals surface area (Å²) < 4.78 is 5.06. The van der Waals surface area contributed by atoms with E-state index in [0.29, 0.717) is 30.1 Å². The molecule has 5 nitrogen and oxygen atoms in total. The van der Waals surface area contributed by atoms with Crippen LogP contribution in [0.4, 0.5) is 11.4 Å². The second kappa shape index (κ2) is 6.99. The van der Waals surface area contributed by atoms with E-state index in [1.807, 2.05) is 13.8 Å². The molecule has 0 aliphatic heterocycles. The number of amides is 1. The maximum absolute atomic E-state index is 12.5. The number of benzene rings is 1. The first-order valence-electron chi connectivity index (χ1n) is 6.46. The lowest BCUT2D eigenvalue weighted by molar-refractivity contribution is 0.0615. The molecule has 0 aliphatic rings. The summed E-state index contributed by atoms with van der Waals surface area (Å²) >= 11 is 0. The summed E-state index contributed by atoms with van der Waals surface area (Å²) in [5, 5.41) is 0. The third kappa shape index (κ3) is 3.86. The Bertz CT molecular complexity index is 435. The van der Waals surface area contributed by atoms with Crippen molar-refractivity contribution in [2.24, 2.45) is 0 Å². The Morgan fingerprint density at radius 1 is 1.42 bits per heavy atom. The molecule has 5 heteroatoms. The van der Waals surface area contributed by atoms with Gasteiger partial charge in [0.2, 0.25) is 0 Å². The van der Waals surface area contributed by atoms with Gasteiger partial charge in [-0.15, -0.1) is 0 Å². The van der Waals surface area contributed by atoms with Crippen molar-refractivity contribution >= 4 is 17.3 Å². The minimum absolute atomic E-state index is 0.0797. The fraction of sp³-hybridized carbons (Fsp3) is 0.500. The second-order valence-electron chi connectivity index (χ2n) is 4.60. The van der Waals surface area contributed by atoms with Crippen LogP contribution in [-0.2, 0) is 4.74 Å². The van der Waals surface area contributed by atoms with Crippen molar-refractivity contribution in [3.8, 4) is 0 Å². The number of carbonyl (C=O) groups is 1. The van der Waals surface area contributed by atoms with Gasteiger partial charge in [-0.05, 0) is 31.5 Å². The number of methoxy groups -OCH3 is 1. The van der Waals surface area contributed by atoms with E-state index in [2.05, 4.69) is 0 Å². The van der Waals surface area contributed by atoms with Gasteiger partial charge in [-0.3, -0.25) is 4.79 Å². The van der Waals surface area contributed by atoms with Crippen LogP contribution in [0.5, 0.6) is 0 Å². The Balaban J connectivity index is 2.97. The molecule has 1 aromatic carbocycles. The molecule has 0 heterocycles. The van der Waals surface area contributed by atoms with Gasteiger partial charge in [0.25, 0.3) is 5.91 Å². The Hall–Kier alpha value is -1.75. The number of nitrogens with zero attached hydrogens (tertiary/aromatic N) is 1. The summed E-state index contributed by atoms with van der Waals surface area (Å²) in [4.78, 5) is 14.3. The molecule has 1 atom stereocenters. The molecule has 106 valence electrons. The molecule has 0 aromatic heterocycles. The maximum atomic E-state index is 12.5. The van der Waals surface area contributed by atoms with E-state index in [0.717, 1.165) is 6.42 Å². The van der Waals surface area contributed by atoms with Crippen LogP contribution >= 0.6 is 0 Å². The number of anilines is 2. The average Bonchev–Trinajstić information content (AvgIpc) is 2.38. The first-order valence-corrected chi connectivity index (χ1v) is 6.46. The third-order valence-corrected chi connectivity index (χ3v) is 3.23. The van der Waals surface area contributed by atoms with Crippen LogP contribution in [0.25, 0.3) is 0 Å². The molecule has 0 aliphatic carbocycles. The Kier molecular flexibility index (Phi) is 5.63. The van der Waals surface area contributed by atoms with Gasteiger partial charge in [-0.1, -0.05) is 6.92 Å². The molecule has 1 amide bonds. The highest BCUT2D eigenvalue weighted by molar-refractivity contribution is 5.99. The first-order chi connectivity index (χ1) is 9.01. The van der Waals surface area contributed by atoms with E-state index < -0.39 is 0 Å². The summed E-state index contributed by atoms with van der Waals surface area (Å²) in [5.74, 6) is -0.0797. The van der Waals surface area contributed by atoms with Crippen LogP contribution in [0.1, 0.15) is 30.6 Å². The standard InChI is InChI=1S/C14H23N3O2/c1-4-10(2)17(7-8-19-3)14(18)12-6-5-11(15)9-13(12)16/h5-6,9-10H,4,7-8,15-16H2,1-3H3. The monoisotopic (exact) mass is 265 g/mol. The highest BCUT2D eigenvalue weighted by Gasteiger charge is 2.21. The van der Waals surface area contributed by atoms with Crippen LogP contribution in [0.15, 0.2) is 18.2 Å². The SMILES string of the molecule is CCC(C)N(CCOC)C(=O)c1ccc(N)cc1N. The minimum atomic E-state index is -0.0797. The van der Waals surface area contributed by atoms with Gasteiger partial charge in [-0.25, -0.2) is 0 Å². The predicted molar refractivity (Wildman–Crippen MR) is 77.9 cm³/mol. The van der Waals surface area contributed by atoms with E-state index in [4.69, 9.17) is 16.2 Å². The number of ether oxygens (including phenoxy) is 1. The second-order valence-corrected chi connectivity index (χ2v) is 4.60. The lowest BCUT2D eigenvalue weighted by atomic mass is 10.1. The summed E-state index contributed by atoms with van der Waals surface area (Å²) in [7, 11) is 1.62. The van der Waals surface area contributed by atoms with E-state index >= 15 is 0 Å². The van der Waals surface area contributed by atoms with E-state index in [1.54, 1.807) is 30.2 Å². The average molecular weight is 265 g/mol. The number of carbonyl (C=O) groups excluding carboxylic acids is 1. The van der Waals surface area contributed by atoms with Gasteiger partial charge in [0.15, 0.2) is 0 Å². The fourth-order valence-electron chi connectivity index (χ4n) is 1.86. The molecule has 0 radical (unpaired) electrons. The molecule has 0 fully saturated rings. The topological polar surface area (TPSA) is 81.6 Å². The first kappa shape index (κ1) is 15.3. The zero-order chi connectivity index (χ0) is 14.4. The number of nitrogens with two attached hydrogens (primary N) is 2. The summed E-state index contributed by atoms with van der Waals surface area (Å²) in [6.07, 6.45) is 0.879. The molecule has 1 unspecified atom stereocenters. The van der Waals surface area contributed by atoms with Gasteiger partial charge < -0.3 is 21.1 Å². The number of rotatable bonds is 6. The van der Waals surface area contributed by atoms with Crippen LogP contribution in [0.2, 0.25) is 0 Å². The van der Waals surface area contributed by atoms with Gasteiger partial charge in [-0.2, -0.15) is 0 Å². The molecule has 19 heavy (non-hydrogen) atoms. The number of hydrogen-bond acceptors (Lipinski definition) is 4. The van der Waals surface area contributed by atoms with Gasteiger partial charge in [0.1, 0.15) is 0 Å². The molecule has 4 N–H and O–H groups in total. The highest BCUT2D eigenvalue weighted by Crippen LogP contribution is 2.19. The zero-order valence-electron chi connectivity index (χ0n) is 11.8. The van der Waals surface area contributed by atoms with Gasteiger partial charge in [0, 0.05) is 31.1 Å². The lowest BCUT2D eigenvalue weighted by Gasteiger charge is -2.29. The van der Waals surface area contributed by atoms with Crippen molar-refractivity contribution in [3.05, 3.63) is 23.8 Å². The van der Waals surface area contributed by atoms with Gasteiger partial charge in [0.05, 0.1) is 12.2 Å². The van der Waals surface area contributed by atoms with Crippen LogP contribution in [0, 0.1) is 0 Å². The molecule has 0 bridgehead atoms.